The smallest absolute Gasteiger partial charge is 0.253 e. The fourth-order valence-corrected chi connectivity index (χ4v) is 3.07. The molecule has 150 valence electrons. The minimum atomic E-state index is -1.12. The van der Waals surface area contributed by atoms with Crippen LogP contribution in [0.25, 0.3) is 0 Å². The van der Waals surface area contributed by atoms with E-state index in [0.29, 0.717) is 12.4 Å². The van der Waals surface area contributed by atoms with Gasteiger partial charge >= 0.3 is 0 Å². The first-order chi connectivity index (χ1) is 13.5. The molecule has 0 aromatic heterocycles. The summed E-state index contributed by atoms with van der Waals surface area (Å²) in [5.74, 6) is -2.10. The van der Waals surface area contributed by atoms with Crippen LogP contribution < -0.4 is 10.1 Å². The lowest BCUT2D eigenvalue weighted by Crippen LogP contribution is -2.38. The van der Waals surface area contributed by atoms with Gasteiger partial charge in [0.05, 0.1) is 23.8 Å². The van der Waals surface area contributed by atoms with E-state index in [9.17, 15) is 13.6 Å². The van der Waals surface area contributed by atoms with Gasteiger partial charge in [0, 0.05) is 26.2 Å². The molecule has 0 atom stereocenters. The van der Waals surface area contributed by atoms with Crippen LogP contribution in [0.3, 0.4) is 0 Å². The molecule has 0 aliphatic carbocycles. The van der Waals surface area contributed by atoms with Crippen LogP contribution in [0, 0.1) is 11.6 Å². The number of halogens is 3. The van der Waals surface area contributed by atoms with Crippen molar-refractivity contribution in [1.82, 2.24) is 10.2 Å². The average Bonchev–Trinajstić information content (AvgIpc) is 2.70. The van der Waals surface area contributed by atoms with Crippen molar-refractivity contribution in [2.75, 3.05) is 39.5 Å². The normalized spacial score (nSPS) is 14.7. The Balaban J connectivity index is 1.51. The fourth-order valence-electron chi connectivity index (χ4n) is 2.84. The Morgan fingerprint density at radius 1 is 1.18 bits per heavy atom. The Kier molecular flexibility index (Phi) is 7.19. The third-order valence-corrected chi connectivity index (χ3v) is 4.70. The molecule has 1 saturated heterocycles. The molecule has 3 rings (SSSR count). The van der Waals surface area contributed by atoms with E-state index in [-0.39, 0.29) is 17.1 Å². The lowest BCUT2D eigenvalue weighted by molar-refractivity contribution is 0.0322. The van der Waals surface area contributed by atoms with Crippen molar-refractivity contribution in [3.8, 4) is 5.75 Å². The summed E-state index contributed by atoms with van der Waals surface area (Å²) in [7, 11) is 0. The highest BCUT2D eigenvalue weighted by molar-refractivity contribution is 6.33. The molecule has 28 heavy (non-hydrogen) atoms. The van der Waals surface area contributed by atoms with Gasteiger partial charge in [-0.3, -0.25) is 9.69 Å². The second-order valence-electron chi connectivity index (χ2n) is 6.38. The molecule has 1 N–H and O–H groups in total. The van der Waals surface area contributed by atoms with Crippen LogP contribution in [0.5, 0.6) is 5.75 Å². The summed E-state index contributed by atoms with van der Waals surface area (Å²) in [4.78, 5) is 14.5. The molecule has 5 nitrogen and oxygen atoms in total. The zero-order valence-electron chi connectivity index (χ0n) is 15.2. The van der Waals surface area contributed by atoms with Gasteiger partial charge in [-0.25, -0.2) is 8.78 Å². The Morgan fingerprint density at radius 2 is 1.93 bits per heavy atom. The molecule has 1 amide bonds. The molecule has 0 saturated carbocycles. The maximum atomic E-state index is 13.3. The van der Waals surface area contributed by atoms with Crippen LogP contribution >= 0.6 is 11.6 Å². The first kappa shape index (κ1) is 20.5. The van der Waals surface area contributed by atoms with Crippen LogP contribution in [0.2, 0.25) is 5.02 Å². The van der Waals surface area contributed by atoms with Gasteiger partial charge in [-0.2, -0.15) is 0 Å². The summed E-state index contributed by atoms with van der Waals surface area (Å²) in [6, 6.07) is 8.91. The highest BCUT2D eigenvalue weighted by Crippen LogP contribution is 2.20. The molecule has 1 aliphatic heterocycles. The monoisotopic (exact) mass is 410 g/mol. The summed E-state index contributed by atoms with van der Waals surface area (Å²) in [6.45, 7) is 4.88. The Hall–Kier alpha value is -2.22. The summed E-state index contributed by atoms with van der Waals surface area (Å²) in [5.41, 5.74) is 0.703. The van der Waals surface area contributed by atoms with Crippen molar-refractivity contribution in [2.24, 2.45) is 0 Å². The van der Waals surface area contributed by atoms with Crippen molar-refractivity contribution in [1.29, 1.82) is 0 Å². The van der Waals surface area contributed by atoms with Crippen molar-refractivity contribution in [3.63, 3.8) is 0 Å². The highest BCUT2D eigenvalue weighted by Gasteiger charge is 2.15. The van der Waals surface area contributed by atoms with Crippen LogP contribution in [-0.2, 0) is 11.3 Å². The van der Waals surface area contributed by atoms with E-state index >= 15 is 0 Å². The molecule has 2 aromatic carbocycles. The van der Waals surface area contributed by atoms with Gasteiger partial charge in [-0.15, -0.1) is 0 Å². The first-order valence-corrected chi connectivity index (χ1v) is 9.35. The van der Waals surface area contributed by atoms with Crippen molar-refractivity contribution in [3.05, 3.63) is 64.2 Å². The van der Waals surface area contributed by atoms with Gasteiger partial charge < -0.3 is 14.8 Å². The molecule has 1 fully saturated rings. The third-order valence-electron chi connectivity index (χ3n) is 4.39. The van der Waals surface area contributed by atoms with E-state index in [1.165, 1.54) is 0 Å². The Morgan fingerprint density at radius 3 is 2.71 bits per heavy atom. The standard InChI is InChI=1S/C20H21ClF2N2O3/c21-17-12-19(23)18(22)11-16(17)20(26)24-13-14-2-1-3-15(10-14)28-9-6-25-4-7-27-8-5-25/h1-3,10-12H,4-9,13H2,(H,24,26). The van der Waals surface area contributed by atoms with E-state index in [1.54, 1.807) is 0 Å². The van der Waals surface area contributed by atoms with E-state index in [2.05, 4.69) is 10.2 Å². The van der Waals surface area contributed by atoms with E-state index in [0.717, 1.165) is 50.5 Å². The van der Waals surface area contributed by atoms with Crippen LogP contribution in [-0.4, -0.2) is 50.3 Å². The summed E-state index contributed by atoms with van der Waals surface area (Å²) >= 11 is 5.83. The number of hydrogen-bond donors (Lipinski definition) is 1. The molecule has 0 radical (unpaired) electrons. The predicted molar refractivity (Wildman–Crippen MR) is 102 cm³/mol. The van der Waals surface area contributed by atoms with Crippen molar-refractivity contribution >= 4 is 17.5 Å². The molecule has 0 spiro atoms. The van der Waals surface area contributed by atoms with Gasteiger partial charge in [0.15, 0.2) is 11.6 Å². The SMILES string of the molecule is O=C(NCc1cccc(OCCN2CCOCC2)c1)c1cc(F)c(F)cc1Cl. The molecule has 0 bridgehead atoms. The van der Waals surface area contributed by atoms with Gasteiger partial charge in [0.2, 0.25) is 0 Å². The summed E-state index contributed by atoms with van der Waals surface area (Å²) in [6.07, 6.45) is 0. The lowest BCUT2D eigenvalue weighted by Gasteiger charge is -2.26. The van der Waals surface area contributed by atoms with Gasteiger partial charge in [-0.05, 0) is 29.8 Å². The van der Waals surface area contributed by atoms with E-state index in [1.807, 2.05) is 24.3 Å². The van der Waals surface area contributed by atoms with Gasteiger partial charge in [0.1, 0.15) is 12.4 Å². The minimum Gasteiger partial charge on any atom is -0.492 e. The lowest BCUT2D eigenvalue weighted by atomic mass is 10.1. The third kappa shape index (κ3) is 5.64. The number of rotatable bonds is 7. The molecule has 1 aliphatic rings. The van der Waals surface area contributed by atoms with E-state index < -0.39 is 17.5 Å². The maximum absolute atomic E-state index is 13.3. The highest BCUT2D eigenvalue weighted by atomic mass is 35.5. The maximum Gasteiger partial charge on any atom is 0.253 e. The molecule has 8 heteroatoms. The number of ether oxygens (including phenoxy) is 2. The first-order valence-electron chi connectivity index (χ1n) is 8.97. The van der Waals surface area contributed by atoms with Gasteiger partial charge in [0.25, 0.3) is 5.91 Å². The van der Waals surface area contributed by atoms with Crippen LogP contribution in [0.15, 0.2) is 36.4 Å². The van der Waals surface area contributed by atoms with Crippen LogP contribution in [0.1, 0.15) is 15.9 Å². The zero-order chi connectivity index (χ0) is 19.9. The second kappa shape index (κ2) is 9.82. The molecular formula is C20H21ClF2N2O3. The summed E-state index contributed by atoms with van der Waals surface area (Å²) < 4.78 is 37.6. The number of carbonyl (C=O) groups excluding carboxylic acids is 1. The number of nitrogens with one attached hydrogen (secondary N) is 1. The molecule has 2 aromatic rings. The van der Waals surface area contributed by atoms with Crippen molar-refractivity contribution < 1.29 is 23.0 Å². The molecule has 1 heterocycles. The van der Waals surface area contributed by atoms with Crippen molar-refractivity contribution in [2.45, 2.75) is 6.54 Å². The minimum absolute atomic E-state index is 0.113. The molecule has 0 unspecified atom stereocenters. The van der Waals surface area contributed by atoms with Gasteiger partial charge in [-0.1, -0.05) is 23.7 Å². The summed E-state index contributed by atoms with van der Waals surface area (Å²) in [5, 5.41) is 2.51. The fraction of sp³-hybridized carbons (Fsp3) is 0.350. The zero-order valence-corrected chi connectivity index (χ0v) is 16.0. The Labute approximate surface area is 167 Å². The largest absolute Gasteiger partial charge is 0.492 e. The van der Waals surface area contributed by atoms with E-state index in [4.69, 9.17) is 21.1 Å². The quantitative estimate of drug-likeness (QED) is 0.712. The predicted octanol–water partition coefficient (Wildman–Crippen LogP) is 3.26. The number of amides is 1. The molecular weight excluding hydrogens is 390 g/mol. The number of morpholine rings is 1. The number of carbonyl (C=O) groups is 1. The number of benzene rings is 2. The average molecular weight is 411 g/mol. The second-order valence-corrected chi connectivity index (χ2v) is 6.79. The number of hydrogen-bond acceptors (Lipinski definition) is 4. The Bertz CT molecular complexity index is 829. The topological polar surface area (TPSA) is 50.8 Å². The number of nitrogens with zero attached hydrogens (tertiary/aromatic N) is 1. The van der Waals surface area contributed by atoms with Crippen LogP contribution in [0.4, 0.5) is 8.78 Å².